The normalized spacial score (nSPS) is 19.1. The zero-order chi connectivity index (χ0) is 34.5. The molecule has 0 spiro atoms. The number of ether oxygens (including phenoxy) is 2. The van der Waals surface area contributed by atoms with Gasteiger partial charge in [-0.05, 0) is 77.2 Å². The standard InChI is InChI=1S/C39H53NO5Si2/c1-11-46(12-2,13-3)45-36(39(30(5)41)31(6)44-37(40-39)32-24-26-33(42-10)27-25-32)29(4)28-43-47(38(7,8)9,34-20-16-14-17-21-34)35-22-18-15-19-23-35/h14-27,31,36H,4,11-13,28H2,1-3,5-10H3/t31-,36-,39+/m0/s1. The van der Waals surface area contributed by atoms with Crippen LogP contribution in [0.4, 0.5) is 0 Å². The largest absolute Gasteiger partial charge is 0.497 e. The molecule has 1 aliphatic rings. The number of carbonyl (C=O) groups is 1. The van der Waals surface area contributed by atoms with Crippen LogP contribution in [0.3, 0.4) is 0 Å². The average molecular weight is 672 g/mol. The maximum Gasteiger partial charge on any atom is 0.261 e. The van der Waals surface area contributed by atoms with Crippen LogP contribution in [-0.4, -0.2) is 59.8 Å². The Morgan fingerprint density at radius 1 is 0.915 bits per heavy atom. The number of nitrogens with zero attached hydrogens (tertiary/aromatic N) is 1. The molecular weight excluding hydrogens is 619 g/mol. The quantitative estimate of drug-likeness (QED) is 0.122. The molecule has 47 heavy (non-hydrogen) atoms. The van der Waals surface area contributed by atoms with Crippen molar-refractivity contribution in [2.75, 3.05) is 13.7 Å². The van der Waals surface area contributed by atoms with Crippen molar-refractivity contribution in [2.45, 2.75) is 96.3 Å². The predicted octanol–water partition coefficient (Wildman–Crippen LogP) is 7.71. The molecule has 0 N–H and O–H groups in total. The minimum absolute atomic E-state index is 0.115. The van der Waals surface area contributed by atoms with E-state index in [0.717, 1.165) is 29.4 Å². The van der Waals surface area contributed by atoms with Gasteiger partial charge in [0.1, 0.15) is 18.0 Å². The van der Waals surface area contributed by atoms with Crippen molar-refractivity contribution in [1.82, 2.24) is 0 Å². The minimum Gasteiger partial charge on any atom is -0.497 e. The molecule has 252 valence electrons. The smallest absolute Gasteiger partial charge is 0.261 e. The Balaban J connectivity index is 1.85. The first-order chi connectivity index (χ1) is 22.3. The Morgan fingerprint density at radius 2 is 1.43 bits per heavy atom. The number of carbonyl (C=O) groups excluding carboxylic acids is 1. The van der Waals surface area contributed by atoms with Crippen molar-refractivity contribution in [1.29, 1.82) is 0 Å². The van der Waals surface area contributed by atoms with Crippen LogP contribution in [0, 0.1) is 0 Å². The minimum atomic E-state index is -2.89. The molecule has 3 aromatic rings. The first-order valence-corrected chi connectivity index (χ1v) is 21.3. The van der Waals surface area contributed by atoms with Crippen molar-refractivity contribution in [2.24, 2.45) is 4.99 Å². The van der Waals surface area contributed by atoms with E-state index in [1.165, 1.54) is 10.4 Å². The number of hydrogen-bond acceptors (Lipinski definition) is 6. The van der Waals surface area contributed by atoms with Gasteiger partial charge in [-0.25, -0.2) is 4.99 Å². The Bertz CT molecular complexity index is 1480. The molecule has 0 fully saturated rings. The third-order valence-electron chi connectivity index (χ3n) is 10.1. The lowest BCUT2D eigenvalue weighted by molar-refractivity contribution is -0.127. The average Bonchev–Trinajstić information content (AvgIpc) is 3.44. The fourth-order valence-corrected chi connectivity index (χ4v) is 14.4. The second-order valence-corrected chi connectivity index (χ2v) is 22.7. The third kappa shape index (κ3) is 6.97. The van der Waals surface area contributed by atoms with Crippen LogP contribution in [0.2, 0.25) is 23.2 Å². The summed E-state index contributed by atoms with van der Waals surface area (Å²) in [5.74, 6) is 1.04. The Kier molecular flexibility index (Phi) is 11.5. The lowest BCUT2D eigenvalue weighted by Gasteiger charge is -2.45. The van der Waals surface area contributed by atoms with E-state index in [-0.39, 0.29) is 17.4 Å². The van der Waals surface area contributed by atoms with E-state index in [0.29, 0.717) is 11.5 Å². The Morgan fingerprint density at radius 3 is 1.85 bits per heavy atom. The van der Waals surface area contributed by atoms with Crippen molar-refractivity contribution in [3.8, 4) is 5.75 Å². The highest BCUT2D eigenvalue weighted by molar-refractivity contribution is 6.99. The third-order valence-corrected chi connectivity index (χ3v) is 19.6. The molecule has 0 bridgehead atoms. The van der Waals surface area contributed by atoms with Gasteiger partial charge in [0.2, 0.25) is 5.90 Å². The summed E-state index contributed by atoms with van der Waals surface area (Å²) in [6.45, 7) is 21.7. The molecule has 8 heteroatoms. The number of ketones is 1. The molecule has 4 rings (SSSR count). The zero-order valence-electron chi connectivity index (χ0n) is 29.8. The monoisotopic (exact) mass is 671 g/mol. The molecule has 6 nitrogen and oxygen atoms in total. The van der Waals surface area contributed by atoms with Gasteiger partial charge in [-0.15, -0.1) is 0 Å². The highest BCUT2D eigenvalue weighted by atomic mass is 28.4. The number of rotatable bonds is 15. The number of Topliss-reactive ketones (excluding diaryl/α,β-unsaturated/α-hetero) is 1. The molecule has 0 amide bonds. The molecule has 1 heterocycles. The van der Waals surface area contributed by atoms with Crippen molar-refractivity contribution < 1.29 is 23.1 Å². The second-order valence-electron chi connectivity index (χ2n) is 13.6. The summed E-state index contributed by atoms with van der Waals surface area (Å²) in [7, 11) is -3.54. The Hall–Kier alpha value is -3.31. The lowest BCUT2D eigenvalue weighted by Crippen LogP contribution is -2.67. The van der Waals surface area contributed by atoms with E-state index in [2.05, 4.69) is 96.7 Å². The molecule has 0 saturated heterocycles. The van der Waals surface area contributed by atoms with Crippen LogP contribution in [0.25, 0.3) is 0 Å². The summed E-state index contributed by atoms with van der Waals surface area (Å²) in [6.07, 6.45) is -1.31. The van der Waals surface area contributed by atoms with Gasteiger partial charge < -0.3 is 18.3 Å². The van der Waals surface area contributed by atoms with Gasteiger partial charge in [0.05, 0.1) is 13.7 Å². The SMILES string of the molecule is C=C(CO[Si](c1ccccc1)(c1ccccc1)C(C)(C)C)[C@H](O[Si](CC)(CC)CC)[C@]1(C(C)=O)N=C(c2ccc(OC)cc2)O[C@H]1C. The highest BCUT2D eigenvalue weighted by Crippen LogP contribution is 2.42. The summed E-state index contributed by atoms with van der Waals surface area (Å²) in [5, 5.41) is 2.15. The fraction of sp³-hybridized carbons (Fsp3) is 0.436. The number of aliphatic imine (C=N–C) groups is 1. The van der Waals surface area contributed by atoms with E-state index in [1.54, 1.807) is 14.0 Å². The number of methoxy groups -OCH3 is 1. The van der Waals surface area contributed by atoms with Gasteiger partial charge in [-0.2, -0.15) is 0 Å². The Labute approximate surface area is 284 Å². The van der Waals surface area contributed by atoms with Crippen LogP contribution in [-0.2, 0) is 18.4 Å². The van der Waals surface area contributed by atoms with E-state index in [1.807, 2.05) is 43.3 Å². The van der Waals surface area contributed by atoms with E-state index in [9.17, 15) is 4.79 Å². The van der Waals surface area contributed by atoms with Crippen LogP contribution >= 0.6 is 0 Å². The highest BCUT2D eigenvalue weighted by Gasteiger charge is 2.58. The van der Waals surface area contributed by atoms with Crippen molar-refractivity contribution in [3.05, 3.63) is 103 Å². The molecule has 3 atom stereocenters. The first-order valence-electron chi connectivity index (χ1n) is 16.9. The van der Waals surface area contributed by atoms with Crippen LogP contribution < -0.4 is 15.1 Å². The first kappa shape index (κ1) is 36.5. The molecule has 1 aliphatic heterocycles. The van der Waals surface area contributed by atoms with Crippen molar-refractivity contribution in [3.63, 3.8) is 0 Å². The summed E-state index contributed by atoms with van der Waals surface area (Å²) in [5.41, 5.74) is 0.160. The van der Waals surface area contributed by atoms with Crippen molar-refractivity contribution >= 4 is 38.7 Å². The van der Waals surface area contributed by atoms with Gasteiger partial charge >= 0.3 is 0 Å². The maximum absolute atomic E-state index is 14.0. The summed E-state index contributed by atoms with van der Waals surface area (Å²) < 4.78 is 26.4. The molecular formula is C39H53NO5Si2. The fourth-order valence-electron chi connectivity index (χ4n) is 7.00. The molecule has 0 radical (unpaired) electrons. The number of hydrogen-bond donors (Lipinski definition) is 0. The second kappa shape index (κ2) is 14.9. The molecule has 0 unspecified atom stereocenters. The number of benzene rings is 3. The molecule has 0 aliphatic carbocycles. The predicted molar refractivity (Wildman–Crippen MR) is 198 cm³/mol. The summed E-state index contributed by atoms with van der Waals surface area (Å²) in [4.78, 5) is 19.2. The van der Waals surface area contributed by atoms with Crippen LogP contribution in [0.1, 0.15) is 61.0 Å². The molecule has 0 saturated carbocycles. The molecule has 0 aromatic heterocycles. The summed E-state index contributed by atoms with van der Waals surface area (Å²) in [6, 6.07) is 31.4. The van der Waals surface area contributed by atoms with Gasteiger partial charge in [-0.3, -0.25) is 4.79 Å². The topological polar surface area (TPSA) is 66.4 Å². The molecule has 3 aromatic carbocycles. The maximum atomic E-state index is 14.0. The van der Waals surface area contributed by atoms with E-state index >= 15 is 0 Å². The van der Waals surface area contributed by atoms with Crippen LogP contribution in [0.5, 0.6) is 5.75 Å². The van der Waals surface area contributed by atoms with E-state index < -0.39 is 34.4 Å². The van der Waals surface area contributed by atoms with Gasteiger partial charge in [0, 0.05) is 5.56 Å². The van der Waals surface area contributed by atoms with E-state index in [4.69, 9.17) is 23.3 Å². The lowest BCUT2D eigenvalue weighted by atomic mass is 9.81. The van der Waals surface area contributed by atoms with Gasteiger partial charge in [0.25, 0.3) is 8.32 Å². The van der Waals surface area contributed by atoms with Crippen LogP contribution in [0.15, 0.2) is 102 Å². The summed E-state index contributed by atoms with van der Waals surface area (Å²) >= 11 is 0. The van der Waals surface area contributed by atoms with Gasteiger partial charge in [0.15, 0.2) is 19.6 Å². The van der Waals surface area contributed by atoms with Gasteiger partial charge in [-0.1, -0.05) is 109 Å². The zero-order valence-corrected chi connectivity index (χ0v) is 31.8.